The van der Waals surface area contributed by atoms with E-state index in [1.807, 2.05) is 18.2 Å². The lowest BCUT2D eigenvalue weighted by Crippen LogP contribution is -2.31. The lowest BCUT2D eigenvalue weighted by atomic mass is 9.84. The van der Waals surface area contributed by atoms with Gasteiger partial charge in [-0.3, -0.25) is 14.2 Å². The highest BCUT2D eigenvalue weighted by atomic mass is 32.2. The highest BCUT2D eigenvalue weighted by Crippen LogP contribution is 2.50. The first-order valence-corrected chi connectivity index (χ1v) is 13.7. The minimum atomic E-state index is -3.79. The molecule has 5 rings (SSSR count). The number of thioether (sulfide) groups is 1. The largest absolute Gasteiger partial charge is 0.493 e. The van der Waals surface area contributed by atoms with Gasteiger partial charge in [0.15, 0.2) is 0 Å². The molecule has 0 radical (unpaired) electrons. The van der Waals surface area contributed by atoms with Crippen LogP contribution in [-0.2, 0) is 21.4 Å². The highest BCUT2D eigenvalue weighted by molar-refractivity contribution is 7.99. The van der Waals surface area contributed by atoms with E-state index in [2.05, 4.69) is 11.4 Å². The fourth-order valence-electron chi connectivity index (χ4n) is 4.21. The third-order valence-electron chi connectivity index (χ3n) is 5.80. The molecule has 1 aromatic heterocycles. The second-order valence-electron chi connectivity index (χ2n) is 7.95. The van der Waals surface area contributed by atoms with E-state index in [9.17, 15) is 18.0 Å². The lowest BCUT2D eigenvalue weighted by molar-refractivity contribution is -0.116. The number of thiazole rings is 1. The molecule has 3 heterocycles. The number of carbonyl (C=O) groups is 1. The first kappa shape index (κ1) is 22.2. The van der Waals surface area contributed by atoms with Gasteiger partial charge in [0, 0.05) is 46.7 Å². The first-order chi connectivity index (χ1) is 15.8. The Labute approximate surface area is 198 Å². The van der Waals surface area contributed by atoms with Gasteiger partial charge in [-0.2, -0.15) is 0 Å². The zero-order chi connectivity index (χ0) is 23.2. The van der Waals surface area contributed by atoms with Gasteiger partial charge in [0.2, 0.25) is 15.9 Å². The van der Waals surface area contributed by atoms with Crippen molar-refractivity contribution < 1.29 is 17.9 Å². The number of anilines is 1. The summed E-state index contributed by atoms with van der Waals surface area (Å²) in [5.74, 6) is 1.91. The Hall–Kier alpha value is -2.60. The second kappa shape index (κ2) is 8.64. The number of carbonyl (C=O) groups excluding carboxylic acids is 1. The van der Waals surface area contributed by atoms with E-state index in [1.54, 1.807) is 16.3 Å². The Morgan fingerprint density at radius 2 is 1.94 bits per heavy atom. The highest BCUT2D eigenvalue weighted by Gasteiger charge is 2.39. The van der Waals surface area contributed by atoms with Crippen molar-refractivity contribution in [2.24, 2.45) is 11.1 Å². The molecule has 0 unspecified atom stereocenters. The van der Waals surface area contributed by atoms with Crippen LogP contribution >= 0.6 is 23.1 Å². The van der Waals surface area contributed by atoms with Crippen molar-refractivity contribution in [3.8, 4) is 5.75 Å². The standard InChI is InChI=1S/C22H21N3O5S3/c23-33(28,29)15-7-5-14(6-8-15)24-18(26)9-10-25-21-20(32-22(25)27)19-13(12-31-21)11-30-17-4-2-1-3-16(17)19/h1-8,13,19H,9-12H2,(H,24,26)(H2,23,28,29)/t13-,19+/m1/s1. The predicted octanol–water partition coefficient (Wildman–Crippen LogP) is 2.83. The lowest BCUT2D eigenvalue weighted by Gasteiger charge is -2.36. The number of rotatable bonds is 5. The number of primary sulfonamides is 1. The molecule has 11 heteroatoms. The number of nitrogens with zero attached hydrogens (tertiary/aromatic N) is 1. The number of ether oxygens (including phenoxy) is 1. The molecule has 0 saturated carbocycles. The van der Waals surface area contributed by atoms with Gasteiger partial charge >= 0.3 is 4.87 Å². The Morgan fingerprint density at radius 1 is 1.18 bits per heavy atom. The van der Waals surface area contributed by atoms with Crippen molar-refractivity contribution in [1.29, 1.82) is 0 Å². The smallest absolute Gasteiger partial charge is 0.308 e. The number of para-hydroxylation sites is 1. The number of aromatic nitrogens is 1. The third kappa shape index (κ3) is 4.33. The summed E-state index contributed by atoms with van der Waals surface area (Å²) in [6, 6.07) is 13.6. The molecule has 2 aliphatic heterocycles. The molecular weight excluding hydrogens is 482 g/mol. The molecule has 0 aliphatic carbocycles. The van der Waals surface area contributed by atoms with Gasteiger partial charge in [-0.15, -0.1) is 11.8 Å². The zero-order valence-electron chi connectivity index (χ0n) is 17.4. The van der Waals surface area contributed by atoms with Crippen LogP contribution in [0, 0.1) is 5.92 Å². The van der Waals surface area contributed by atoms with E-state index in [1.165, 1.54) is 35.6 Å². The minimum Gasteiger partial charge on any atom is -0.493 e. The van der Waals surface area contributed by atoms with Crippen LogP contribution in [0.15, 0.2) is 63.2 Å². The fraction of sp³-hybridized carbons (Fsp3) is 0.273. The van der Waals surface area contributed by atoms with Gasteiger partial charge in [-0.25, -0.2) is 13.6 Å². The predicted molar refractivity (Wildman–Crippen MR) is 128 cm³/mol. The van der Waals surface area contributed by atoms with Crippen LogP contribution in [0.5, 0.6) is 5.75 Å². The topological polar surface area (TPSA) is 120 Å². The molecule has 1 amide bonds. The van der Waals surface area contributed by atoms with Gasteiger partial charge < -0.3 is 10.1 Å². The average Bonchev–Trinajstić information content (AvgIpc) is 3.12. The maximum absolute atomic E-state index is 12.8. The van der Waals surface area contributed by atoms with Crippen molar-refractivity contribution in [2.75, 3.05) is 17.7 Å². The van der Waals surface area contributed by atoms with Gasteiger partial charge in [-0.05, 0) is 30.3 Å². The average molecular weight is 504 g/mol. The summed E-state index contributed by atoms with van der Waals surface area (Å²) in [7, 11) is -3.79. The number of amides is 1. The van der Waals surface area contributed by atoms with Crippen molar-refractivity contribution in [2.45, 2.75) is 28.8 Å². The molecule has 0 saturated heterocycles. The van der Waals surface area contributed by atoms with Crippen LogP contribution in [0.25, 0.3) is 0 Å². The van der Waals surface area contributed by atoms with E-state index >= 15 is 0 Å². The van der Waals surface area contributed by atoms with Gasteiger partial charge in [0.25, 0.3) is 0 Å². The van der Waals surface area contributed by atoms with E-state index in [4.69, 9.17) is 9.88 Å². The molecule has 2 atom stereocenters. The van der Waals surface area contributed by atoms with Gasteiger partial charge in [0.1, 0.15) is 5.75 Å². The number of hydrogen-bond donors (Lipinski definition) is 2. The molecule has 8 nitrogen and oxygen atoms in total. The normalized spacial score (nSPS) is 19.1. The van der Waals surface area contributed by atoms with Crippen molar-refractivity contribution in [3.05, 3.63) is 68.6 Å². The number of nitrogens with one attached hydrogen (secondary N) is 1. The van der Waals surface area contributed by atoms with Crippen molar-refractivity contribution in [3.63, 3.8) is 0 Å². The summed E-state index contributed by atoms with van der Waals surface area (Å²) < 4.78 is 30.3. The third-order valence-corrected chi connectivity index (χ3v) is 9.23. The van der Waals surface area contributed by atoms with Crippen molar-refractivity contribution >= 4 is 44.7 Å². The molecule has 2 aliphatic rings. The minimum absolute atomic E-state index is 0.0260. The molecule has 0 fully saturated rings. The monoisotopic (exact) mass is 503 g/mol. The number of hydrogen-bond acceptors (Lipinski definition) is 7. The van der Waals surface area contributed by atoms with E-state index in [0.29, 0.717) is 18.2 Å². The molecule has 2 aromatic carbocycles. The molecule has 3 aromatic rings. The molecule has 33 heavy (non-hydrogen) atoms. The maximum Gasteiger partial charge on any atom is 0.308 e. The maximum atomic E-state index is 12.8. The van der Waals surface area contributed by atoms with E-state index in [-0.39, 0.29) is 34.6 Å². The zero-order valence-corrected chi connectivity index (χ0v) is 19.8. The number of sulfonamides is 1. The van der Waals surface area contributed by atoms with Gasteiger partial charge in [-0.1, -0.05) is 29.5 Å². The van der Waals surface area contributed by atoms with Crippen LogP contribution in [0.4, 0.5) is 5.69 Å². The molecule has 172 valence electrons. The molecule has 0 spiro atoms. The van der Waals surface area contributed by atoms with Crippen LogP contribution in [0.1, 0.15) is 22.8 Å². The second-order valence-corrected chi connectivity index (χ2v) is 11.5. The Balaban J connectivity index is 1.32. The Bertz CT molecular complexity index is 1380. The summed E-state index contributed by atoms with van der Waals surface area (Å²) in [6.07, 6.45) is 0.119. The number of nitrogens with two attached hydrogens (primary N) is 1. The summed E-state index contributed by atoms with van der Waals surface area (Å²) >= 11 is 2.91. The van der Waals surface area contributed by atoms with Crippen LogP contribution < -0.4 is 20.1 Å². The summed E-state index contributed by atoms with van der Waals surface area (Å²) in [4.78, 5) is 26.3. The Morgan fingerprint density at radius 3 is 2.70 bits per heavy atom. The SMILES string of the molecule is NS(=O)(=O)c1ccc(NC(=O)CCn2c3c(sc2=O)[C@@H]2c4ccccc4OC[C@@H]2CS3)cc1. The van der Waals surface area contributed by atoms with Crippen LogP contribution in [0.2, 0.25) is 0 Å². The molecule has 0 bridgehead atoms. The summed E-state index contributed by atoms with van der Waals surface area (Å²) in [5.41, 5.74) is 1.58. The fourth-order valence-corrected chi connectivity index (χ4v) is 7.47. The molecule has 3 N–H and O–H groups in total. The van der Waals surface area contributed by atoms with Crippen LogP contribution in [-0.4, -0.2) is 31.3 Å². The summed E-state index contributed by atoms with van der Waals surface area (Å²) in [5, 5.41) is 8.76. The number of fused-ring (bicyclic) bond motifs is 5. The van der Waals surface area contributed by atoms with Crippen molar-refractivity contribution in [1.82, 2.24) is 4.57 Å². The quantitative estimate of drug-likeness (QED) is 0.552. The first-order valence-electron chi connectivity index (χ1n) is 10.3. The van der Waals surface area contributed by atoms with E-state index in [0.717, 1.165) is 27.0 Å². The molecular formula is C22H21N3O5S3. The Kier molecular flexibility index (Phi) is 5.81. The van der Waals surface area contributed by atoms with E-state index < -0.39 is 10.0 Å². The van der Waals surface area contributed by atoms with Gasteiger partial charge in [0.05, 0.1) is 16.5 Å². The van der Waals surface area contributed by atoms with Crippen LogP contribution in [0.3, 0.4) is 0 Å². The number of benzene rings is 2. The summed E-state index contributed by atoms with van der Waals surface area (Å²) in [6.45, 7) is 0.904.